The second-order valence-electron chi connectivity index (χ2n) is 7.42. The number of nitrogens with one attached hydrogen (secondary N) is 2. The van der Waals surface area contributed by atoms with Crippen LogP contribution < -0.4 is 10.6 Å². The fourth-order valence-electron chi connectivity index (χ4n) is 2.77. The van der Waals surface area contributed by atoms with Gasteiger partial charge in [-0.3, -0.25) is 10.1 Å². The van der Waals surface area contributed by atoms with Crippen LogP contribution in [-0.4, -0.2) is 23.7 Å². The van der Waals surface area contributed by atoms with Gasteiger partial charge in [-0.15, -0.1) is 0 Å². The molecular weight excluding hydrogens is 343 g/mol. The monoisotopic (exact) mass is 367 g/mol. The normalized spacial score (nSPS) is 18.1. The number of rotatable bonds is 7. The molecule has 1 saturated carbocycles. The number of hydrogen-bond acceptors (Lipinski definition) is 3. The first kappa shape index (κ1) is 20.2. The summed E-state index contributed by atoms with van der Waals surface area (Å²) in [5.74, 6) is -0.540. The minimum atomic E-state index is -4.54. The Hall–Kier alpha value is -2.07. The number of amides is 1. The summed E-state index contributed by atoms with van der Waals surface area (Å²) in [4.78, 5) is 12.5. The van der Waals surface area contributed by atoms with Gasteiger partial charge in [-0.05, 0) is 37.7 Å². The summed E-state index contributed by atoms with van der Waals surface area (Å²) in [5.41, 5.74) is 0.00731. The molecule has 0 aliphatic heterocycles. The van der Waals surface area contributed by atoms with Crippen molar-refractivity contribution in [2.24, 2.45) is 5.92 Å². The van der Waals surface area contributed by atoms with E-state index in [1.54, 1.807) is 19.1 Å². The van der Waals surface area contributed by atoms with E-state index in [2.05, 4.69) is 10.6 Å². The minimum Gasteiger partial charge on any atom is -0.336 e. The summed E-state index contributed by atoms with van der Waals surface area (Å²) in [6, 6.07) is 5.11. The quantitative estimate of drug-likeness (QED) is 0.771. The largest absolute Gasteiger partial charge is 0.407 e. The van der Waals surface area contributed by atoms with Crippen LogP contribution in [0.2, 0.25) is 0 Å². The molecular formula is C19H24F3N3O. The van der Waals surface area contributed by atoms with E-state index in [-0.39, 0.29) is 17.9 Å². The van der Waals surface area contributed by atoms with Crippen molar-refractivity contribution in [3.63, 3.8) is 0 Å². The van der Waals surface area contributed by atoms with Gasteiger partial charge < -0.3 is 5.32 Å². The number of alkyl halides is 3. The molecule has 0 heterocycles. The van der Waals surface area contributed by atoms with Crippen LogP contribution in [0.15, 0.2) is 24.3 Å². The smallest absolute Gasteiger partial charge is 0.336 e. The minimum absolute atomic E-state index is 0.0161. The highest BCUT2D eigenvalue weighted by Gasteiger charge is 2.47. The summed E-state index contributed by atoms with van der Waals surface area (Å²) in [7, 11) is 0. The lowest BCUT2D eigenvalue weighted by Gasteiger charge is -2.29. The summed E-state index contributed by atoms with van der Waals surface area (Å²) in [6.07, 6.45) is -3.24. The van der Waals surface area contributed by atoms with E-state index in [0.717, 1.165) is 5.56 Å². The SMILES string of the molecule is Cc1ccc([C@H](N[C@@H](CC(C)C)C(=O)NC2(C#N)CC2)C(F)(F)F)cc1. The lowest BCUT2D eigenvalue weighted by Crippen LogP contribution is -2.52. The third kappa shape index (κ3) is 5.21. The Kier molecular flexibility index (Phi) is 5.97. The van der Waals surface area contributed by atoms with Gasteiger partial charge >= 0.3 is 6.18 Å². The Morgan fingerprint density at radius 3 is 2.27 bits per heavy atom. The predicted octanol–water partition coefficient (Wildman–Crippen LogP) is 3.78. The molecule has 1 amide bonds. The van der Waals surface area contributed by atoms with Crippen molar-refractivity contribution in [1.29, 1.82) is 5.26 Å². The molecule has 1 aromatic rings. The van der Waals surface area contributed by atoms with E-state index in [0.29, 0.717) is 12.8 Å². The molecule has 0 saturated heterocycles. The second kappa shape index (κ2) is 7.67. The maximum atomic E-state index is 13.6. The van der Waals surface area contributed by atoms with Crippen molar-refractivity contribution in [2.45, 2.75) is 63.8 Å². The van der Waals surface area contributed by atoms with Gasteiger partial charge in [0.2, 0.25) is 5.91 Å². The average Bonchev–Trinajstić information content (AvgIpc) is 3.31. The molecule has 7 heteroatoms. The van der Waals surface area contributed by atoms with Gasteiger partial charge in [0, 0.05) is 0 Å². The van der Waals surface area contributed by atoms with Gasteiger partial charge in [0.25, 0.3) is 0 Å². The van der Waals surface area contributed by atoms with Crippen LogP contribution in [0.25, 0.3) is 0 Å². The second-order valence-corrected chi connectivity index (χ2v) is 7.42. The molecule has 0 spiro atoms. The zero-order valence-corrected chi connectivity index (χ0v) is 15.2. The number of carbonyl (C=O) groups is 1. The van der Waals surface area contributed by atoms with Crippen LogP contribution in [0.5, 0.6) is 0 Å². The van der Waals surface area contributed by atoms with Crippen molar-refractivity contribution in [2.75, 3.05) is 0 Å². The molecule has 1 aliphatic carbocycles. The van der Waals surface area contributed by atoms with E-state index in [4.69, 9.17) is 5.26 Å². The van der Waals surface area contributed by atoms with Gasteiger partial charge in [-0.1, -0.05) is 43.7 Å². The fourth-order valence-corrected chi connectivity index (χ4v) is 2.77. The average molecular weight is 367 g/mol. The van der Waals surface area contributed by atoms with Crippen molar-refractivity contribution in [3.8, 4) is 6.07 Å². The lowest BCUT2D eigenvalue weighted by atomic mass is 9.98. The summed E-state index contributed by atoms with van der Waals surface area (Å²) in [5, 5.41) is 14.2. The molecule has 0 aromatic heterocycles. The molecule has 2 rings (SSSR count). The molecule has 1 aromatic carbocycles. The molecule has 2 atom stereocenters. The van der Waals surface area contributed by atoms with Crippen molar-refractivity contribution >= 4 is 5.91 Å². The van der Waals surface area contributed by atoms with Crippen LogP contribution in [0.1, 0.15) is 50.3 Å². The van der Waals surface area contributed by atoms with E-state index < -0.39 is 29.7 Å². The zero-order chi connectivity index (χ0) is 19.5. The maximum absolute atomic E-state index is 13.6. The number of nitriles is 1. The molecule has 0 unspecified atom stereocenters. The van der Waals surface area contributed by atoms with Crippen LogP contribution >= 0.6 is 0 Å². The third-order valence-electron chi connectivity index (χ3n) is 4.46. The van der Waals surface area contributed by atoms with Crippen molar-refractivity contribution in [1.82, 2.24) is 10.6 Å². The Morgan fingerprint density at radius 2 is 1.85 bits per heavy atom. The van der Waals surface area contributed by atoms with Crippen LogP contribution in [0, 0.1) is 24.2 Å². The first-order valence-corrected chi connectivity index (χ1v) is 8.69. The Balaban J connectivity index is 2.23. The van der Waals surface area contributed by atoms with Crippen molar-refractivity contribution < 1.29 is 18.0 Å². The van der Waals surface area contributed by atoms with E-state index >= 15 is 0 Å². The summed E-state index contributed by atoms with van der Waals surface area (Å²) < 4.78 is 40.9. The van der Waals surface area contributed by atoms with Crippen LogP contribution in [0.4, 0.5) is 13.2 Å². The molecule has 0 radical (unpaired) electrons. The topological polar surface area (TPSA) is 64.9 Å². The molecule has 2 N–H and O–H groups in total. The number of benzene rings is 1. The van der Waals surface area contributed by atoms with Gasteiger partial charge in [-0.2, -0.15) is 18.4 Å². The maximum Gasteiger partial charge on any atom is 0.407 e. The number of nitrogens with zero attached hydrogens (tertiary/aromatic N) is 1. The summed E-state index contributed by atoms with van der Waals surface area (Å²) in [6.45, 7) is 5.48. The predicted molar refractivity (Wildman–Crippen MR) is 92.1 cm³/mol. The highest BCUT2D eigenvalue weighted by molar-refractivity contribution is 5.83. The van der Waals surface area contributed by atoms with E-state index in [1.165, 1.54) is 12.1 Å². The number of aryl methyl sites for hydroxylation is 1. The Bertz CT molecular complexity index is 673. The zero-order valence-electron chi connectivity index (χ0n) is 15.2. The van der Waals surface area contributed by atoms with Gasteiger partial charge in [-0.25, -0.2) is 0 Å². The molecule has 1 fully saturated rings. The fraction of sp³-hybridized carbons (Fsp3) is 0.579. The Labute approximate surface area is 151 Å². The van der Waals surface area contributed by atoms with E-state index in [9.17, 15) is 18.0 Å². The molecule has 26 heavy (non-hydrogen) atoms. The number of halogens is 3. The van der Waals surface area contributed by atoms with Crippen molar-refractivity contribution in [3.05, 3.63) is 35.4 Å². The highest BCUT2D eigenvalue weighted by Crippen LogP contribution is 2.36. The highest BCUT2D eigenvalue weighted by atomic mass is 19.4. The summed E-state index contributed by atoms with van der Waals surface area (Å²) >= 11 is 0. The molecule has 1 aliphatic rings. The van der Waals surface area contributed by atoms with Gasteiger partial charge in [0.15, 0.2) is 0 Å². The molecule has 4 nitrogen and oxygen atoms in total. The first-order valence-electron chi connectivity index (χ1n) is 8.69. The van der Waals surface area contributed by atoms with Crippen LogP contribution in [-0.2, 0) is 4.79 Å². The standard InChI is InChI=1S/C19H24F3N3O/c1-12(2)10-15(17(26)25-18(11-23)8-9-18)24-16(19(20,21)22)14-6-4-13(3)5-7-14/h4-7,12,15-16,24H,8-10H2,1-3H3,(H,25,26)/t15-,16-/m0/s1. The third-order valence-corrected chi connectivity index (χ3v) is 4.46. The van der Waals surface area contributed by atoms with Gasteiger partial charge in [0.05, 0.1) is 12.1 Å². The molecule has 0 bridgehead atoms. The molecule has 142 valence electrons. The van der Waals surface area contributed by atoms with Crippen LogP contribution in [0.3, 0.4) is 0 Å². The van der Waals surface area contributed by atoms with Gasteiger partial charge in [0.1, 0.15) is 11.6 Å². The lowest BCUT2D eigenvalue weighted by molar-refractivity contribution is -0.161. The van der Waals surface area contributed by atoms with E-state index in [1.807, 2.05) is 19.9 Å². The number of hydrogen-bond donors (Lipinski definition) is 2. The first-order chi connectivity index (χ1) is 12.1. The number of carbonyl (C=O) groups excluding carboxylic acids is 1. The Morgan fingerprint density at radius 1 is 1.27 bits per heavy atom.